The predicted octanol–water partition coefficient (Wildman–Crippen LogP) is 1.12. The molecule has 1 heterocycles. The number of hydrogen-bond acceptors (Lipinski definition) is 3. The molecule has 1 aliphatic heterocycles. The highest BCUT2D eigenvalue weighted by molar-refractivity contribution is 6.30. The van der Waals surface area contributed by atoms with Crippen molar-refractivity contribution in [3.63, 3.8) is 0 Å². The molecule has 1 atom stereocenters. The second-order valence-electron chi connectivity index (χ2n) is 4.07. The van der Waals surface area contributed by atoms with Crippen LogP contribution in [0.2, 0.25) is 5.02 Å². The molecule has 1 saturated heterocycles. The first kappa shape index (κ1) is 12.9. The van der Waals surface area contributed by atoms with Gasteiger partial charge >= 0.3 is 5.97 Å². The molecule has 1 fully saturated rings. The van der Waals surface area contributed by atoms with Gasteiger partial charge in [0.05, 0.1) is 12.5 Å². The van der Waals surface area contributed by atoms with Crippen LogP contribution in [0, 0.1) is 0 Å². The predicted molar refractivity (Wildman–Crippen MR) is 67.8 cm³/mol. The molecule has 1 aromatic rings. The monoisotopic (exact) mass is 268 g/mol. The summed E-state index contributed by atoms with van der Waals surface area (Å²) in [4.78, 5) is 24.4. The van der Waals surface area contributed by atoms with Gasteiger partial charge in [0.15, 0.2) is 0 Å². The molecule has 0 aromatic heterocycles. The molecule has 5 nitrogen and oxygen atoms in total. The van der Waals surface area contributed by atoms with Gasteiger partial charge in [0.1, 0.15) is 0 Å². The summed E-state index contributed by atoms with van der Waals surface area (Å²) >= 11 is 5.79. The molecule has 1 unspecified atom stereocenters. The van der Waals surface area contributed by atoms with E-state index in [9.17, 15) is 9.59 Å². The minimum Gasteiger partial charge on any atom is -0.481 e. The number of piperazine rings is 1. The van der Waals surface area contributed by atoms with Crippen molar-refractivity contribution in [2.45, 2.75) is 12.5 Å². The lowest BCUT2D eigenvalue weighted by molar-refractivity contribution is -0.139. The Morgan fingerprint density at radius 1 is 1.44 bits per heavy atom. The highest BCUT2D eigenvalue weighted by atomic mass is 35.5. The van der Waals surface area contributed by atoms with Gasteiger partial charge in [-0.25, -0.2) is 0 Å². The van der Waals surface area contributed by atoms with Crippen molar-refractivity contribution in [2.24, 2.45) is 0 Å². The second-order valence-corrected chi connectivity index (χ2v) is 4.51. The van der Waals surface area contributed by atoms with E-state index in [1.54, 1.807) is 29.2 Å². The number of carbonyl (C=O) groups is 2. The molecular formula is C12H13ClN2O3. The fourth-order valence-electron chi connectivity index (χ4n) is 1.95. The lowest BCUT2D eigenvalue weighted by Crippen LogP contribution is -2.55. The van der Waals surface area contributed by atoms with Crippen LogP contribution in [0.25, 0.3) is 0 Å². The third-order valence-corrected chi connectivity index (χ3v) is 3.06. The largest absolute Gasteiger partial charge is 0.481 e. The molecule has 0 spiro atoms. The topological polar surface area (TPSA) is 69.6 Å². The number of amides is 1. The van der Waals surface area contributed by atoms with Gasteiger partial charge in [-0.3, -0.25) is 9.59 Å². The van der Waals surface area contributed by atoms with Gasteiger partial charge in [0.25, 0.3) is 0 Å². The minimum absolute atomic E-state index is 0.205. The fourth-order valence-corrected chi connectivity index (χ4v) is 2.07. The number of hydrogen-bond donors (Lipinski definition) is 2. The van der Waals surface area contributed by atoms with E-state index in [0.717, 1.165) is 5.69 Å². The summed E-state index contributed by atoms with van der Waals surface area (Å²) < 4.78 is 0. The van der Waals surface area contributed by atoms with Crippen molar-refractivity contribution >= 4 is 29.2 Å². The van der Waals surface area contributed by atoms with Crippen LogP contribution in [-0.4, -0.2) is 36.1 Å². The van der Waals surface area contributed by atoms with E-state index in [2.05, 4.69) is 5.32 Å². The maximum absolute atomic E-state index is 12.1. The number of aliphatic carboxylic acids is 1. The molecule has 96 valence electrons. The molecule has 6 heteroatoms. The van der Waals surface area contributed by atoms with Crippen LogP contribution in [0.4, 0.5) is 5.69 Å². The number of carboxylic acids is 1. The smallest absolute Gasteiger partial charge is 0.305 e. The van der Waals surface area contributed by atoms with Gasteiger partial charge in [-0.2, -0.15) is 0 Å². The molecule has 0 radical (unpaired) electrons. The fraction of sp³-hybridized carbons (Fsp3) is 0.333. The van der Waals surface area contributed by atoms with E-state index in [1.807, 2.05) is 0 Å². The summed E-state index contributed by atoms with van der Waals surface area (Å²) in [7, 11) is 0. The number of benzene rings is 1. The van der Waals surface area contributed by atoms with Crippen LogP contribution in [0.15, 0.2) is 24.3 Å². The number of carboxylic acid groups (broad SMARTS) is 1. The highest BCUT2D eigenvalue weighted by Gasteiger charge is 2.30. The van der Waals surface area contributed by atoms with E-state index in [-0.39, 0.29) is 12.3 Å². The number of carbonyl (C=O) groups excluding carboxylic acids is 1. The lowest BCUT2D eigenvalue weighted by atomic mass is 10.1. The van der Waals surface area contributed by atoms with Gasteiger partial charge in [-0.1, -0.05) is 11.6 Å². The molecule has 0 aliphatic carbocycles. The Kier molecular flexibility index (Phi) is 3.84. The average molecular weight is 269 g/mol. The molecule has 1 amide bonds. The van der Waals surface area contributed by atoms with Crippen molar-refractivity contribution < 1.29 is 14.7 Å². The van der Waals surface area contributed by atoms with Crippen molar-refractivity contribution in [1.82, 2.24) is 5.32 Å². The van der Waals surface area contributed by atoms with Gasteiger partial charge in [-0.05, 0) is 24.3 Å². The zero-order valence-corrected chi connectivity index (χ0v) is 10.4. The van der Waals surface area contributed by atoms with Crippen LogP contribution >= 0.6 is 11.6 Å². The van der Waals surface area contributed by atoms with Crippen molar-refractivity contribution in [3.8, 4) is 0 Å². The Morgan fingerprint density at radius 2 is 2.11 bits per heavy atom. The number of halogens is 1. The van der Waals surface area contributed by atoms with Crippen LogP contribution < -0.4 is 10.2 Å². The Labute approximate surface area is 109 Å². The molecule has 18 heavy (non-hydrogen) atoms. The summed E-state index contributed by atoms with van der Waals surface area (Å²) in [5.41, 5.74) is 0.737. The quantitative estimate of drug-likeness (QED) is 0.862. The first-order valence-electron chi connectivity index (χ1n) is 5.60. The molecule has 0 saturated carbocycles. The SMILES string of the molecule is O=C(O)CC1NCCN(c2ccc(Cl)cc2)C1=O. The number of nitrogens with one attached hydrogen (secondary N) is 1. The van der Waals surface area contributed by atoms with E-state index in [0.29, 0.717) is 18.1 Å². The Balaban J connectivity index is 2.15. The standard InChI is InChI=1S/C12H13ClN2O3/c13-8-1-3-9(4-2-8)15-6-5-14-10(12(15)18)7-11(16)17/h1-4,10,14H,5-7H2,(H,16,17). The third-order valence-electron chi connectivity index (χ3n) is 2.81. The first-order chi connectivity index (χ1) is 8.58. The normalized spacial score (nSPS) is 19.9. The van der Waals surface area contributed by atoms with Gasteiger partial charge in [-0.15, -0.1) is 0 Å². The van der Waals surface area contributed by atoms with Crippen LogP contribution in [0.1, 0.15) is 6.42 Å². The molecule has 2 N–H and O–H groups in total. The van der Waals surface area contributed by atoms with E-state index in [1.165, 1.54) is 0 Å². The molecule has 1 aromatic carbocycles. The maximum Gasteiger partial charge on any atom is 0.305 e. The maximum atomic E-state index is 12.1. The first-order valence-corrected chi connectivity index (χ1v) is 5.98. The lowest BCUT2D eigenvalue weighted by Gasteiger charge is -2.32. The zero-order chi connectivity index (χ0) is 13.1. The third kappa shape index (κ3) is 2.80. The van der Waals surface area contributed by atoms with E-state index >= 15 is 0 Å². The molecular weight excluding hydrogens is 256 g/mol. The average Bonchev–Trinajstić information content (AvgIpc) is 2.33. The van der Waals surface area contributed by atoms with Crippen LogP contribution in [-0.2, 0) is 9.59 Å². The minimum atomic E-state index is -0.987. The van der Waals surface area contributed by atoms with Crippen LogP contribution in [0.3, 0.4) is 0 Å². The number of rotatable bonds is 3. The van der Waals surface area contributed by atoms with Gasteiger partial charge < -0.3 is 15.3 Å². The molecule has 0 bridgehead atoms. The zero-order valence-electron chi connectivity index (χ0n) is 9.60. The van der Waals surface area contributed by atoms with E-state index in [4.69, 9.17) is 16.7 Å². The summed E-state index contributed by atoms with van der Waals surface area (Å²) in [6, 6.07) is 6.26. The molecule has 1 aliphatic rings. The second kappa shape index (κ2) is 5.37. The van der Waals surface area contributed by atoms with Crippen molar-refractivity contribution in [2.75, 3.05) is 18.0 Å². The van der Waals surface area contributed by atoms with E-state index < -0.39 is 12.0 Å². The Morgan fingerprint density at radius 3 is 2.72 bits per heavy atom. The number of anilines is 1. The van der Waals surface area contributed by atoms with Crippen molar-refractivity contribution in [3.05, 3.63) is 29.3 Å². The Hall–Kier alpha value is -1.59. The summed E-state index contributed by atoms with van der Waals surface area (Å²) in [6.07, 6.45) is -0.205. The summed E-state index contributed by atoms with van der Waals surface area (Å²) in [6.45, 7) is 1.10. The summed E-state index contributed by atoms with van der Waals surface area (Å²) in [5.74, 6) is -1.20. The summed E-state index contributed by atoms with van der Waals surface area (Å²) in [5, 5.41) is 12.3. The number of nitrogens with zero attached hydrogens (tertiary/aromatic N) is 1. The van der Waals surface area contributed by atoms with Gasteiger partial charge in [0.2, 0.25) is 5.91 Å². The molecule has 2 rings (SSSR count). The highest BCUT2D eigenvalue weighted by Crippen LogP contribution is 2.20. The Bertz CT molecular complexity index is 461. The van der Waals surface area contributed by atoms with Crippen LogP contribution in [0.5, 0.6) is 0 Å². The van der Waals surface area contributed by atoms with Crippen molar-refractivity contribution in [1.29, 1.82) is 0 Å². The van der Waals surface area contributed by atoms with Gasteiger partial charge in [0, 0.05) is 23.8 Å².